The Hall–Kier alpha value is -3.19. The molecule has 1 saturated heterocycles. The number of carboxylic acids is 1. The van der Waals surface area contributed by atoms with Crippen molar-refractivity contribution in [2.24, 2.45) is 5.92 Å². The number of pyridine rings is 1. The molecular weight excluding hydrogens is 435 g/mol. The minimum Gasteiger partial charge on any atom is -0.481 e. The van der Waals surface area contributed by atoms with E-state index in [-0.39, 0.29) is 12.5 Å². The number of nitrogens with zero attached hydrogens (tertiary/aromatic N) is 2. The van der Waals surface area contributed by atoms with Gasteiger partial charge >= 0.3 is 5.97 Å². The van der Waals surface area contributed by atoms with E-state index >= 15 is 0 Å². The highest BCUT2D eigenvalue weighted by Crippen LogP contribution is 2.34. The average Bonchev–Trinajstić information content (AvgIpc) is 2.78. The molecule has 0 aliphatic carbocycles. The van der Waals surface area contributed by atoms with Crippen LogP contribution in [0.25, 0.3) is 22.0 Å². The first kappa shape index (κ1) is 22.0. The van der Waals surface area contributed by atoms with Crippen LogP contribution in [0.1, 0.15) is 19.8 Å². The van der Waals surface area contributed by atoms with Crippen molar-refractivity contribution in [2.45, 2.75) is 25.9 Å². The molecule has 1 aliphatic rings. The highest BCUT2D eigenvalue weighted by molar-refractivity contribution is 6.33. The maximum absolute atomic E-state index is 13.4. The van der Waals surface area contributed by atoms with Gasteiger partial charge in [0, 0.05) is 36.3 Å². The summed E-state index contributed by atoms with van der Waals surface area (Å²) in [5.74, 6) is -1.60. The van der Waals surface area contributed by atoms with Gasteiger partial charge < -0.3 is 14.7 Å². The SMILES string of the molecule is CC(Oc1ccc2c(-c3ccc(F)cc3Cl)ccnc2c1)C(=O)N1CCCC(C(=O)O)C1. The number of hydrogen-bond acceptors (Lipinski definition) is 4. The number of piperidine rings is 1. The van der Waals surface area contributed by atoms with Crippen molar-refractivity contribution in [3.05, 3.63) is 59.5 Å². The van der Waals surface area contributed by atoms with Crippen LogP contribution in [-0.2, 0) is 9.59 Å². The number of benzene rings is 2. The molecule has 1 aromatic heterocycles. The Bertz CT molecular complexity index is 1190. The zero-order chi connectivity index (χ0) is 22.8. The number of rotatable bonds is 5. The number of fused-ring (bicyclic) bond motifs is 1. The summed E-state index contributed by atoms with van der Waals surface area (Å²) in [6, 6.07) is 11.4. The van der Waals surface area contributed by atoms with E-state index in [9.17, 15) is 19.1 Å². The standard InChI is InChI=1S/C24H22ClFN2O4/c1-14(23(29)28-10-2-3-15(13-28)24(30)31)32-17-5-7-20-18(8-9-27-22(20)12-17)19-6-4-16(26)11-21(19)25/h4-9,11-12,14-15H,2-3,10,13H2,1H3,(H,30,31). The zero-order valence-electron chi connectivity index (χ0n) is 17.4. The Morgan fingerprint density at radius 2 is 2.03 bits per heavy atom. The summed E-state index contributed by atoms with van der Waals surface area (Å²) in [7, 11) is 0. The summed E-state index contributed by atoms with van der Waals surface area (Å²) < 4.78 is 19.3. The lowest BCUT2D eigenvalue weighted by molar-refractivity contribution is -0.147. The van der Waals surface area contributed by atoms with Gasteiger partial charge in [0.15, 0.2) is 6.10 Å². The second kappa shape index (κ2) is 9.12. The van der Waals surface area contributed by atoms with Crippen LogP contribution >= 0.6 is 11.6 Å². The van der Waals surface area contributed by atoms with Gasteiger partial charge in [-0.05, 0) is 61.7 Å². The monoisotopic (exact) mass is 456 g/mol. The molecule has 166 valence electrons. The molecule has 2 aromatic carbocycles. The normalized spacial score (nSPS) is 17.2. The summed E-state index contributed by atoms with van der Waals surface area (Å²) >= 11 is 6.24. The van der Waals surface area contributed by atoms with Crippen LogP contribution in [-0.4, -0.2) is 46.1 Å². The summed E-state index contributed by atoms with van der Waals surface area (Å²) in [4.78, 5) is 30.0. The second-order valence-electron chi connectivity index (χ2n) is 7.88. The molecule has 2 atom stereocenters. The fourth-order valence-corrected chi connectivity index (χ4v) is 4.30. The Balaban J connectivity index is 1.54. The minimum atomic E-state index is -0.881. The van der Waals surface area contributed by atoms with E-state index in [2.05, 4.69) is 4.98 Å². The van der Waals surface area contributed by atoms with E-state index in [1.807, 2.05) is 12.1 Å². The Kier molecular flexibility index (Phi) is 6.28. The van der Waals surface area contributed by atoms with Crippen molar-refractivity contribution in [1.29, 1.82) is 0 Å². The van der Waals surface area contributed by atoms with Gasteiger partial charge in [0.1, 0.15) is 11.6 Å². The van der Waals surface area contributed by atoms with E-state index < -0.39 is 23.8 Å². The number of ether oxygens (including phenoxy) is 1. The summed E-state index contributed by atoms with van der Waals surface area (Å²) in [5.41, 5.74) is 2.14. The highest BCUT2D eigenvalue weighted by Gasteiger charge is 2.31. The Morgan fingerprint density at radius 1 is 1.22 bits per heavy atom. The molecule has 4 rings (SSSR count). The van der Waals surface area contributed by atoms with Gasteiger partial charge in [-0.1, -0.05) is 11.6 Å². The topological polar surface area (TPSA) is 79.7 Å². The van der Waals surface area contributed by atoms with Crippen molar-refractivity contribution < 1.29 is 23.8 Å². The van der Waals surface area contributed by atoms with Gasteiger partial charge in [-0.15, -0.1) is 0 Å². The highest BCUT2D eigenvalue weighted by atomic mass is 35.5. The second-order valence-corrected chi connectivity index (χ2v) is 8.29. The molecule has 3 aromatic rings. The first-order chi connectivity index (χ1) is 15.3. The lowest BCUT2D eigenvalue weighted by Gasteiger charge is -2.32. The molecule has 8 heteroatoms. The third-order valence-electron chi connectivity index (χ3n) is 5.68. The van der Waals surface area contributed by atoms with Gasteiger partial charge in [0.05, 0.1) is 16.5 Å². The van der Waals surface area contributed by atoms with E-state index in [4.69, 9.17) is 16.3 Å². The lowest BCUT2D eigenvalue weighted by Crippen LogP contribution is -2.47. The number of halogens is 2. The summed E-state index contributed by atoms with van der Waals surface area (Å²) in [5, 5.41) is 10.4. The average molecular weight is 457 g/mol. The summed E-state index contributed by atoms with van der Waals surface area (Å²) in [6.45, 7) is 2.37. The molecule has 0 spiro atoms. The molecule has 2 unspecified atom stereocenters. The molecule has 0 saturated carbocycles. The quantitative estimate of drug-likeness (QED) is 0.597. The number of carboxylic acid groups (broad SMARTS) is 1. The smallest absolute Gasteiger partial charge is 0.308 e. The Morgan fingerprint density at radius 3 is 2.78 bits per heavy atom. The van der Waals surface area contributed by atoms with Crippen LogP contribution in [0.2, 0.25) is 5.02 Å². The van der Waals surface area contributed by atoms with E-state index in [0.29, 0.717) is 41.2 Å². The largest absolute Gasteiger partial charge is 0.481 e. The summed E-state index contributed by atoms with van der Waals surface area (Å²) in [6.07, 6.45) is 2.10. The van der Waals surface area contributed by atoms with Crippen LogP contribution in [0, 0.1) is 11.7 Å². The number of aromatic nitrogens is 1. The van der Waals surface area contributed by atoms with Gasteiger partial charge in [0.25, 0.3) is 5.91 Å². The predicted molar refractivity (Wildman–Crippen MR) is 119 cm³/mol. The van der Waals surface area contributed by atoms with Crippen LogP contribution in [0.15, 0.2) is 48.7 Å². The van der Waals surface area contributed by atoms with E-state index in [1.165, 1.54) is 12.1 Å². The van der Waals surface area contributed by atoms with Crippen LogP contribution in [0.4, 0.5) is 4.39 Å². The van der Waals surface area contributed by atoms with Crippen molar-refractivity contribution in [3.8, 4) is 16.9 Å². The van der Waals surface area contributed by atoms with Gasteiger partial charge in [0.2, 0.25) is 0 Å². The molecular formula is C24H22ClFN2O4. The number of aliphatic carboxylic acids is 1. The zero-order valence-corrected chi connectivity index (χ0v) is 18.2. The number of hydrogen-bond donors (Lipinski definition) is 1. The number of carbonyl (C=O) groups is 2. The van der Waals surface area contributed by atoms with Gasteiger partial charge in [-0.2, -0.15) is 0 Å². The first-order valence-corrected chi connectivity index (χ1v) is 10.7. The molecule has 2 heterocycles. The van der Waals surface area contributed by atoms with Crippen molar-refractivity contribution >= 4 is 34.4 Å². The third-order valence-corrected chi connectivity index (χ3v) is 5.99. The maximum atomic E-state index is 13.4. The van der Waals surface area contributed by atoms with Crippen molar-refractivity contribution in [3.63, 3.8) is 0 Å². The van der Waals surface area contributed by atoms with Crippen LogP contribution in [0.5, 0.6) is 5.75 Å². The number of likely N-dealkylation sites (tertiary alicyclic amines) is 1. The lowest BCUT2D eigenvalue weighted by atomic mass is 9.98. The van der Waals surface area contributed by atoms with Crippen molar-refractivity contribution in [2.75, 3.05) is 13.1 Å². The van der Waals surface area contributed by atoms with E-state index in [1.54, 1.807) is 36.2 Å². The molecule has 6 nitrogen and oxygen atoms in total. The molecule has 0 radical (unpaired) electrons. The fraction of sp³-hybridized carbons (Fsp3) is 0.292. The van der Waals surface area contributed by atoms with Crippen molar-refractivity contribution in [1.82, 2.24) is 9.88 Å². The maximum Gasteiger partial charge on any atom is 0.308 e. The number of amides is 1. The predicted octanol–water partition coefficient (Wildman–Crippen LogP) is 4.78. The fourth-order valence-electron chi connectivity index (χ4n) is 4.03. The van der Waals surface area contributed by atoms with Gasteiger partial charge in [-0.25, -0.2) is 4.39 Å². The molecule has 1 amide bonds. The van der Waals surface area contributed by atoms with Gasteiger partial charge in [-0.3, -0.25) is 14.6 Å². The molecule has 1 N–H and O–H groups in total. The number of carbonyl (C=O) groups excluding carboxylic acids is 1. The minimum absolute atomic E-state index is 0.197. The molecule has 32 heavy (non-hydrogen) atoms. The third kappa shape index (κ3) is 4.53. The van der Waals surface area contributed by atoms with Crippen LogP contribution in [0.3, 0.4) is 0 Å². The van der Waals surface area contributed by atoms with Crippen LogP contribution < -0.4 is 4.74 Å². The Labute approximate surface area is 189 Å². The molecule has 1 fully saturated rings. The molecule has 1 aliphatic heterocycles. The first-order valence-electron chi connectivity index (χ1n) is 10.4. The van der Waals surface area contributed by atoms with E-state index in [0.717, 1.165) is 10.9 Å². The molecule has 0 bridgehead atoms.